The van der Waals surface area contributed by atoms with Crippen LogP contribution in [0.2, 0.25) is 10.6 Å². The van der Waals surface area contributed by atoms with Crippen molar-refractivity contribution in [2.24, 2.45) is 0 Å². The number of ether oxygens (including phenoxy) is 2. The van der Waals surface area contributed by atoms with Crippen molar-refractivity contribution >= 4 is 90.8 Å². The zero-order valence-electron chi connectivity index (χ0n) is 26.7. The van der Waals surface area contributed by atoms with Gasteiger partial charge in [0.2, 0.25) is 34.4 Å². The fourth-order valence-corrected chi connectivity index (χ4v) is 6.70. The molecule has 23 heteroatoms. The van der Waals surface area contributed by atoms with Crippen molar-refractivity contribution in [1.82, 2.24) is 29.9 Å². The SMILES string of the molecule is O=S(=O)([O-])c1cc(Nc2nc(Cl)nc(N3CCOCC3)n2)ccc1/C=C/c1ccc(Nc2nc(Cl)nc(N3CCOCC3)n2)cc1S(=O)(=O)O.[Na+]. The van der Waals surface area contributed by atoms with E-state index in [1.54, 1.807) is 0 Å². The van der Waals surface area contributed by atoms with E-state index in [0.717, 1.165) is 12.1 Å². The first kappa shape index (κ1) is 38.9. The van der Waals surface area contributed by atoms with Crippen molar-refractivity contribution in [3.05, 3.63) is 58.1 Å². The second-order valence-corrected chi connectivity index (χ2v) is 14.1. The van der Waals surface area contributed by atoms with Crippen molar-refractivity contribution in [2.75, 3.05) is 73.0 Å². The summed E-state index contributed by atoms with van der Waals surface area (Å²) in [6.07, 6.45) is 2.46. The Bertz CT molecular complexity index is 2010. The average Bonchev–Trinajstić information content (AvgIpc) is 3.07. The number of anilines is 6. The molecule has 51 heavy (non-hydrogen) atoms. The van der Waals surface area contributed by atoms with E-state index >= 15 is 0 Å². The van der Waals surface area contributed by atoms with E-state index < -0.39 is 30.0 Å². The predicted molar refractivity (Wildman–Crippen MR) is 182 cm³/mol. The second-order valence-electron chi connectivity index (χ2n) is 10.7. The standard InChI is InChI=1S/C28H28Cl2N10O8S2.Na/c29-23-33-25(37-27(35-23)39-7-11-47-12-8-39)31-19-5-3-17(21(15-19)49(41,42)43)1-2-18-4-6-20(16-22(18)50(44,45)46)32-26-34-24(30)36-28(38-26)40-9-13-48-14-10-40;/h1-6,15-16H,7-14H2,(H,41,42,43)(H,44,45,46)(H,31,33,35,37)(H,32,34,36,38);/q;+1/p-1/b2-1+;. The van der Waals surface area contributed by atoms with E-state index in [-0.39, 0.29) is 80.5 Å². The number of morpholine rings is 2. The maximum atomic E-state index is 12.4. The number of hydrogen-bond acceptors (Lipinski definition) is 17. The summed E-state index contributed by atoms with van der Waals surface area (Å²) in [6.45, 7) is 4.04. The Morgan fingerprint density at radius 1 is 0.686 bits per heavy atom. The minimum Gasteiger partial charge on any atom is -0.744 e. The molecule has 3 N–H and O–H groups in total. The van der Waals surface area contributed by atoms with Crippen molar-refractivity contribution in [1.29, 1.82) is 0 Å². The Balaban J connectivity index is 0.00000504. The molecule has 0 saturated carbocycles. The van der Waals surface area contributed by atoms with Crippen molar-refractivity contribution < 1.29 is 65.0 Å². The summed E-state index contributed by atoms with van der Waals surface area (Å²) in [5.74, 6) is 0.613. The minimum atomic E-state index is -5.04. The zero-order valence-corrected chi connectivity index (χ0v) is 31.9. The maximum absolute atomic E-state index is 12.4. The monoisotopic (exact) mass is 788 g/mol. The molecule has 2 aromatic carbocycles. The van der Waals surface area contributed by atoms with Crippen LogP contribution in [0.25, 0.3) is 12.2 Å². The van der Waals surface area contributed by atoms with Crippen LogP contribution in [0.15, 0.2) is 46.2 Å². The van der Waals surface area contributed by atoms with Crippen LogP contribution in [0.1, 0.15) is 11.1 Å². The molecule has 2 aliphatic heterocycles. The predicted octanol–water partition coefficient (Wildman–Crippen LogP) is -0.151. The molecule has 264 valence electrons. The Morgan fingerprint density at radius 3 is 1.51 bits per heavy atom. The molecule has 2 saturated heterocycles. The third kappa shape index (κ3) is 10.2. The molecule has 0 radical (unpaired) electrons. The van der Waals surface area contributed by atoms with Crippen LogP contribution in [0.4, 0.5) is 35.2 Å². The van der Waals surface area contributed by atoms with Crippen LogP contribution >= 0.6 is 23.2 Å². The smallest absolute Gasteiger partial charge is 0.744 e. The molecular formula is C28H27Cl2N10NaO8S2. The first-order valence-electron chi connectivity index (χ1n) is 14.7. The van der Waals surface area contributed by atoms with Crippen molar-refractivity contribution in [3.8, 4) is 0 Å². The van der Waals surface area contributed by atoms with E-state index in [9.17, 15) is 25.9 Å². The summed E-state index contributed by atoms with van der Waals surface area (Å²) < 4.78 is 82.4. The van der Waals surface area contributed by atoms with Crippen LogP contribution in [-0.4, -0.2) is 108 Å². The Morgan fingerprint density at radius 2 is 1.10 bits per heavy atom. The van der Waals surface area contributed by atoms with Crippen LogP contribution in [0, 0.1) is 0 Å². The molecule has 0 unspecified atom stereocenters. The maximum Gasteiger partial charge on any atom is 1.00 e. The summed E-state index contributed by atoms with van der Waals surface area (Å²) in [5, 5.41) is 5.49. The first-order chi connectivity index (χ1) is 23.8. The third-order valence-electron chi connectivity index (χ3n) is 7.31. The topological polar surface area (TPSA) is 238 Å². The molecule has 0 atom stereocenters. The Labute approximate surface area is 324 Å². The van der Waals surface area contributed by atoms with Gasteiger partial charge in [-0.05, 0) is 58.6 Å². The summed E-state index contributed by atoms with van der Waals surface area (Å²) in [5.41, 5.74) is 0.245. The van der Waals surface area contributed by atoms with Gasteiger partial charge in [0.1, 0.15) is 15.0 Å². The Hall–Kier alpha value is -3.28. The van der Waals surface area contributed by atoms with Gasteiger partial charge in [-0.3, -0.25) is 4.55 Å². The van der Waals surface area contributed by atoms with Gasteiger partial charge in [-0.1, -0.05) is 24.3 Å². The van der Waals surface area contributed by atoms with E-state index in [1.165, 1.54) is 36.4 Å². The first-order valence-corrected chi connectivity index (χ1v) is 18.3. The number of nitrogens with zero attached hydrogens (tertiary/aromatic N) is 8. The van der Waals surface area contributed by atoms with Crippen LogP contribution in [-0.2, 0) is 29.7 Å². The number of hydrogen-bond donors (Lipinski definition) is 3. The quantitative estimate of drug-likeness (QED) is 0.108. The van der Waals surface area contributed by atoms with Gasteiger partial charge < -0.3 is 34.5 Å². The molecule has 6 rings (SSSR count). The molecule has 2 fully saturated rings. The molecule has 2 aliphatic rings. The number of rotatable bonds is 10. The number of nitrogens with one attached hydrogen (secondary N) is 2. The third-order valence-corrected chi connectivity index (χ3v) is 9.45. The zero-order chi connectivity index (χ0) is 35.5. The summed E-state index contributed by atoms with van der Waals surface area (Å²) in [4.78, 5) is 27.6. The van der Waals surface area contributed by atoms with E-state index in [4.69, 9.17) is 32.7 Å². The molecule has 2 aromatic heterocycles. The van der Waals surface area contributed by atoms with Crippen LogP contribution in [0.3, 0.4) is 0 Å². The number of benzene rings is 2. The number of halogens is 2. The van der Waals surface area contributed by atoms with Crippen molar-refractivity contribution in [3.63, 3.8) is 0 Å². The number of aromatic nitrogens is 6. The summed E-state index contributed by atoms with van der Waals surface area (Å²) >= 11 is 12.2. The van der Waals surface area contributed by atoms with Gasteiger partial charge in [0.25, 0.3) is 10.1 Å². The second kappa shape index (κ2) is 16.6. The van der Waals surface area contributed by atoms with Gasteiger partial charge >= 0.3 is 29.6 Å². The summed E-state index contributed by atoms with van der Waals surface area (Å²) in [6, 6.07) is 7.83. The van der Waals surface area contributed by atoms with Gasteiger partial charge in [0.15, 0.2) is 0 Å². The average molecular weight is 790 g/mol. The van der Waals surface area contributed by atoms with Gasteiger partial charge in [-0.15, -0.1) is 0 Å². The summed E-state index contributed by atoms with van der Waals surface area (Å²) in [7, 11) is -9.85. The van der Waals surface area contributed by atoms with Crippen LogP contribution < -0.4 is 50.0 Å². The van der Waals surface area contributed by atoms with E-state index in [2.05, 4.69) is 40.5 Å². The van der Waals surface area contributed by atoms with Crippen LogP contribution in [0.5, 0.6) is 0 Å². The molecular weight excluding hydrogens is 762 g/mol. The normalized spacial score (nSPS) is 15.5. The van der Waals surface area contributed by atoms with Gasteiger partial charge in [-0.2, -0.15) is 38.3 Å². The minimum absolute atomic E-state index is 0. The molecule has 0 bridgehead atoms. The van der Waals surface area contributed by atoms with Gasteiger partial charge in [0.05, 0.1) is 31.3 Å². The fraction of sp³-hybridized carbons (Fsp3) is 0.286. The molecule has 4 aromatic rings. The molecule has 18 nitrogen and oxygen atoms in total. The molecule has 0 aliphatic carbocycles. The Kier molecular flexibility index (Phi) is 12.7. The van der Waals surface area contributed by atoms with Crippen molar-refractivity contribution in [2.45, 2.75) is 9.79 Å². The van der Waals surface area contributed by atoms with Gasteiger partial charge in [0, 0.05) is 37.6 Å². The molecule has 0 amide bonds. The van der Waals surface area contributed by atoms with E-state index in [1.807, 2.05) is 9.80 Å². The molecule has 4 heterocycles. The fourth-order valence-electron chi connectivity index (χ4n) is 4.98. The van der Waals surface area contributed by atoms with E-state index in [0.29, 0.717) is 58.6 Å². The molecule has 0 spiro atoms. The largest absolute Gasteiger partial charge is 1.00 e. The van der Waals surface area contributed by atoms with Gasteiger partial charge in [-0.25, -0.2) is 8.42 Å².